The van der Waals surface area contributed by atoms with Gasteiger partial charge in [0.2, 0.25) is 15.9 Å². The molecule has 8 heteroatoms. The monoisotopic (exact) mass is 312 g/mol. The predicted octanol–water partition coefficient (Wildman–Crippen LogP) is 0.680. The highest BCUT2D eigenvalue weighted by Gasteiger charge is 2.49. The third kappa shape index (κ3) is 2.77. The molecule has 1 aromatic rings. The van der Waals surface area contributed by atoms with Gasteiger partial charge in [-0.3, -0.25) is 14.4 Å². The van der Waals surface area contributed by atoms with Crippen LogP contribution in [0, 0.1) is 5.41 Å². The Bertz CT molecular complexity index is 696. The molecule has 0 aliphatic carbocycles. The number of sulfonamides is 1. The predicted molar refractivity (Wildman–Crippen MR) is 76.0 cm³/mol. The molecule has 7 nitrogen and oxygen atoms in total. The minimum atomic E-state index is -3.73. The molecule has 1 heterocycles. The summed E-state index contributed by atoms with van der Waals surface area (Å²) in [7, 11) is -2.44. The van der Waals surface area contributed by atoms with E-state index >= 15 is 0 Å². The van der Waals surface area contributed by atoms with Gasteiger partial charge in [-0.15, -0.1) is 0 Å². The molecule has 1 aromatic carbocycles. The van der Waals surface area contributed by atoms with Crippen molar-refractivity contribution in [2.75, 3.05) is 17.2 Å². The maximum Gasteiger partial charge on any atom is 0.274 e. The highest BCUT2D eigenvalue weighted by molar-refractivity contribution is 7.94. The Morgan fingerprint density at radius 3 is 2.57 bits per heavy atom. The number of nitrogens with zero attached hydrogens (tertiary/aromatic N) is 1. The Labute approximate surface area is 122 Å². The lowest BCUT2D eigenvalue weighted by Gasteiger charge is -2.18. The molecule has 21 heavy (non-hydrogen) atoms. The summed E-state index contributed by atoms with van der Waals surface area (Å²) in [4.78, 5) is 28.5. The standard InChI is InChI=1S/C13H16N2O5S/c1-13(2)8-21(18,19)15(12(13)17)10-6-4-5-9(7-10)11(16)14-20-3/h4-7H,8H2,1-3H3,(H,14,16). The van der Waals surface area contributed by atoms with Crippen LogP contribution in [-0.4, -0.2) is 33.1 Å². The van der Waals surface area contributed by atoms with Crippen LogP contribution >= 0.6 is 0 Å². The fraction of sp³-hybridized carbons (Fsp3) is 0.385. The molecule has 1 aliphatic rings. The molecule has 114 valence electrons. The zero-order valence-corrected chi connectivity index (χ0v) is 12.7. The molecule has 0 saturated carbocycles. The van der Waals surface area contributed by atoms with Crippen molar-refractivity contribution < 1.29 is 22.8 Å². The molecule has 0 unspecified atom stereocenters. The van der Waals surface area contributed by atoms with Gasteiger partial charge in [-0.1, -0.05) is 6.07 Å². The van der Waals surface area contributed by atoms with E-state index in [9.17, 15) is 18.0 Å². The second kappa shape index (κ2) is 5.12. The van der Waals surface area contributed by atoms with Crippen molar-refractivity contribution in [2.24, 2.45) is 5.41 Å². The van der Waals surface area contributed by atoms with Gasteiger partial charge >= 0.3 is 0 Å². The van der Waals surface area contributed by atoms with Gasteiger partial charge in [0.05, 0.1) is 24.0 Å². The van der Waals surface area contributed by atoms with Crippen LogP contribution in [0.15, 0.2) is 24.3 Å². The summed E-state index contributed by atoms with van der Waals surface area (Å²) in [6, 6.07) is 5.82. The van der Waals surface area contributed by atoms with Crippen molar-refractivity contribution in [1.82, 2.24) is 5.48 Å². The van der Waals surface area contributed by atoms with Crippen LogP contribution in [0.4, 0.5) is 5.69 Å². The molecular formula is C13H16N2O5S. The number of nitrogens with one attached hydrogen (secondary N) is 1. The maximum absolute atomic E-state index is 12.3. The summed E-state index contributed by atoms with van der Waals surface area (Å²) in [6.45, 7) is 3.16. The summed E-state index contributed by atoms with van der Waals surface area (Å²) in [5, 5.41) is 0. The third-order valence-electron chi connectivity index (χ3n) is 3.12. The van der Waals surface area contributed by atoms with Crippen LogP contribution in [0.5, 0.6) is 0 Å². The van der Waals surface area contributed by atoms with E-state index in [1.165, 1.54) is 31.4 Å². The SMILES string of the molecule is CONC(=O)c1cccc(N2C(=O)C(C)(C)CS2(=O)=O)c1. The highest BCUT2D eigenvalue weighted by Crippen LogP contribution is 2.35. The van der Waals surface area contributed by atoms with E-state index in [4.69, 9.17) is 0 Å². The van der Waals surface area contributed by atoms with E-state index in [1.54, 1.807) is 13.8 Å². The minimum absolute atomic E-state index is 0.148. The fourth-order valence-corrected chi connectivity index (χ4v) is 4.29. The Kier molecular flexibility index (Phi) is 3.77. The van der Waals surface area contributed by atoms with Gasteiger partial charge in [-0.05, 0) is 32.0 Å². The Hall–Kier alpha value is -1.93. The number of hydroxylamine groups is 1. The first kappa shape index (κ1) is 15.5. The number of amides is 2. The second-order valence-electron chi connectivity index (χ2n) is 5.40. The Morgan fingerprint density at radius 1 is 1.38 bits per heavy atom. The van der Waals surface area contributed by atoms with Gasteiger partial charge in [0.1, 0.15) is 0 Å². The molecule has 2 rings (SSSR count). The Balaban J connectivity index is 2.45. The van der Waals surface area contributed by atoms with E-state index in [-0.39, 0.29) is 17.0 Å². The number of rotatable bonds is 3. The lowest BCUT2D eigenvalue weighted by molar-refractivity contribution is -0.123. The summed E-state index contributed by atoms with van der Waals surface area (Å²) in [5.74, 6) is -1.29. The Morgan fingerprint density at radius 2 is 2.05 bits per heavy atom. The quantitative estimate of drug-likeness (QED) is 0.829. The maximum atomic E-state index is 12.3. The third-order valence-corrected chi connectivity index (χ3v) is 5.14. The molecule has 0 spiro atoms. The number of benzene rings is 1. The van der Waals surface area contributed by atoms with Crippen LogP contribution in [0.3, 0.4) is 0 Å². The molecule has 0 aromatic heterocycles. The summed E-state index contributed by atoms with van der Waals surface area (Å²) >= 11 is 0. The van der Waals surface area contributed by atoms with E-state index in [2.05, 4.69) is 10.3 Å². The molecule has 1 fully saturated rings. The highest BCUT2D eigenvalue weighted by atomic mass is 32.2. The number of anilines is 1. The van der Waals surface area contributed by atoms with Gasteiger partial charge < -0.3 is 0 Å². The van der Waals surface area contributed by atoms with Gasteiger partial charge in [0, 0.05) is 5.56 Å². The van der Waals surface area contributed by atoms with Crippen molar-refractivity contribution >= 4 is 27.5 Å². The molecule has 2 amide bonds. The zero-order valence-electron chi connectivity index (χ0n) is 11.9. The number of hydrogen-bond acceptors (Lipinski definition) is 5. The van der Waals surface area contributed by atoms with Crippen LogP contribution in [0.25, 0.3) is 0 Å². The van der Waals surface area contributed by atoms with Crippen molar-refractivity contribution in [3.05, 3.63) is 29.8 Å². The van der Waals surface area contributed by atoms with Crippen LogP contribution in [0.2, 0.25) is 0 Å². The molecule has 1 aliphatic heterocycles. The van der Waals surface area contributed by atoms with E-state index in [1.807, 2.05) is 0 Å². The van der Waals surface area contributed by atoms with Crippen LogP contribution in [-0.2, 0) is 19.7 Å². The lowest BCUT2D eigenvalue weighted by Crippen LogP contribution is -2.33. The molecule has 0 bridgehead atoms. The first-order valence-electron chi connectivity index (χ1n) is 6.20. The first-order chi connectivity index (χ1) is 9.69. The molecular weight excluding hydrogens is 296 g/mol. The van der Waals surface area contributed by atoms with Crippen molar-refractivity contribution in [3.8, 4) is 0 Å². The smallest absolute Gasteiger partial charge is 0.274 e. The molecule has 1 N–H and O–H groups in total. The van der Waals surface area contributed by atoms with Gasteiger partial charge in [-0.2, -0.15) is 0 Å². The average molecular weight is 312 g/mol. The van der Waals surface area contributed by atoms with Gasteiger partial charge in [0.15, 0.2) is 0 Å². The van der Waals surface area contributed by atoms with E-state index in [0.717, 1.165) is 4.31 Å². The second-order valence-corrected chi connectivity index (χ2v) is 7.21. The fourth-order valence-electron chi connectivity index (χ4n) is 2.19. The normalized spacial score (nSPS) is 19.6. The lowest BCUT2D eigenvalue weighted by atomic mass is 9.95. The largest absolute Gasteiger partial charge is 0.277 e. The average Bonchev–Trinajstić information content (AvgIpc) is 2.54. The summed E-state index contributed by atoms with van der Waals surface area (Å²) in [6.07, 6.45) is 0. The summed E-state index contributed by atoms with van der Waals surface area (Å²) < 4.78 is 25.1. The topological polar surface area (TPSA) is 92.8 Å². The van der Waals surface area contributed by atoms with Crippen LogP contribution in [0.1, 0.15) is 24.2 Å². The molecule has 1 saturated heterocycles. The van der Waals surface area contributed by atoms with Gasteiger partial charge in [-0.25, -0.2) is 18.2 Å². The van der Waals surface area contributed by atoms with Crippen molar-refractivity contribution in [3.63, 3.8) is 0 Å². The van der Waals surface area contributed by atoms with Crippen molar-refractivity contribution in [2.45, 2.75) is 13.8 Å². The van der Waals surface area contributed by atoms with Crippen molar-refractivity contribution in [1.29, 1.82) is 0 Å². The van der Waals surface area contributed by atoms with Gasteiger partial charge in [0.25, 0.3) is 5.91 Å². The van der Waals surface area contributed by atoms with E-state index < -0.39 is 27.3 Å². The molecule has 0 radical (unpaired) electrons. The summed E-state index contributed by atoms with van der Waals surface area (Å²) in [5.41, 5.74) is 1.50. The minimum Gasteiger partial charge on any atom is -0.277 e. The zero-order chi connectivity index (χ0) is 15.8. The van der Waals surface area contributed by atoms with Crippen LogP contribution < -0.4 is 9.79 Å². The number of carbonyl (C=O) groups is 2. The number of hydrogen-bond donors (Lipinski definition) is 1. The van der Waals surface area contributed by atoms with E-state index in [0.29, 0.717) is 0 Å². The first-order valence-corrected chi connectivity index (χ1v) is 7.81. The molecule has 0 atom stereocenters. The number of carbonyl (C=O) groups excluding carboxylic acids is 2.